The standard InChI is InChI=1S/C25H36N4/c1-20-15-21(2)25(28-17-20)19-29(14-8-7-12-26)18-24-16-23(11-13-27-24)22-9-5-3-4-6-10-22/h7,11-13,15-17,22H,3-6,8-10,14,18-19,26H2,1-2H3/b12-7+. The van der Waals surface area contributed by atoms with Gasteiger partial charge in [-0.3, -0.25) is 14.9 Å². The Morgan fingerprint density at radius 2 is 1.86 bits per heavy atom. The van der Waals surface area contributed by atoms with Gasteiger partial charge in [0.15, 0.2) is 0 Å². The Kier molecular flexibility index (Phi) is 8.24. The van der Waals surface area contributed by atoms with E-state index in [2.05, 4.69) is 41.9 Å². The van der Waals surface area contributed by atoms with E-state index in [1.54, 1.807) is 6.20 Å². The van der Waals surface area contributed by atoms with E-state index in [1.165, 1.54) is 55.2 Å². The summed E-state index contributed by atoms with van der Waals surface area (Å²) in [5, 5.41) is 0. The van der Waals surface area contributed by atoms with Crippen molar-refractivity contribution in [3.63, 3.8) is 0 Å². The van der Waals surface area contributed by atoms with Gasteiger partial charge in [-0.15, -0.1) is 0 Å². The molecule has 29 heavy (non-hydrogen) atoms. The summed E-state index contributed by atoms with van der Waals surface area (Å²) in [5.74, 6) is 0.703. The third-order valence-corrected chi connectivity index (χ3v) is 6.00. The Morgan fingerprint density at radius 3 is 2.59 bits per heavy atom. The molecule has 4 heteroatoms. The predicted molar refractivity (Wildman–Crippen MR) is 120 cm³/mol. The van der Waals surface area contributed by atoms with Crippen LogP contribution in [0.3, 0.4) is 0 Å². The second-order valence-corrected chi connectivity index (χ2v) is 8.47. The molecule has 0 saturated heterocycles. The Morgan fingerprint density at radius 1 is 1.07 bits per heavy atom. The summed E-state index contributed by atoms with van der Waals surface area (Å²) < 4.78 is 0. The minimum atomic E-state index is 0.703. The van der Waals surface area contributed by atoms with Crippen molar-refractivity contribution >= 4 is 0 Å². The maximum Gasteiger partial charge on any atom is 0.0573 e. The van der Waals surface area contributed by atoms with E-state index >= 15 is 0 Å². The van der Waals surface area contributed by atoms with Crippen LogP contribution in [0.1, 0.15) is 78.9 Å². The Labute approximate surface area is 176 Å². The lowest BCUT2D eigenvalue weighted by atomic mass is 9.92. The maximum absolute atomic E-state index is 5.55. The van der Waals surface area contributed by atoms with Gasteiger partial charge in [0.25, 0.3) is 0 Å². The molecule has 3 rings (SSSR count). The van der Waals surface area contributed by atoms with Crippen molar-refractivity contribution in [2.45, 2.75) is 77.8 Å². The topological polar surface area (TPSA) is 55.0 Å². The van der Waals surface area contributed by atoms with Gasteiger partial charge in [-0.1, -0.05) is 37.8 Å². The van der Waals surface area contributed by atoms with Crippen LogP contribution in [0.5, 0.6) is 0 Å². The highest BCUT2D eigenvalue weighted by Crippen LogP contribution is 2.31. The molecule has 0 aliphatic heterocycles. The Balaban J connectivity index is 1.73. The fourth-order valence-electron chi connectivity index (χ4n) is 4.37. The highest BCUT2D eigenvalue weighted by molar-refractivity contribution is 5.24. The van der Waals surface area contributed by atoms with E-state index in [-0.39, 0.29) is 0 Å². The molecule has 0 atom stereocenters. The molecule has 2 aromatic rings. The van der Waals surface area contributed by atoms with Crippen LogP contribution in [0.25, 0.3) is 0 Å². The number of rotatable bonds is 8. The van der Waals surface area contributed by atoms with E-state index in [0.29, 0.717) is 5.92 Å². The van der Waals surface area contributed by atoms with Crippen molar-refractivity contribution in [1.82, 2.24) is 14.9 Å². The number of nitrogens with two attached hydrogens (primary N) is 1. The molecule has 2 N–H and O–H groups in total. The first kappa shape index (κ1) is 21.5. The first-order valence-electron chi connectivity index (χ1n) is 11.1. The van der Waals surface area contributed by atoms with Crippen molar-refractivity contribution in [2.75, 3.05) is 6.54 Å². The molecule has 0 spiro atoms. The molecule has 1 aliphatic rings. The van der Waals surface area contributed by atoms with Crippen molar-refractivity contribution in [1.29, 1.82) is 0 Å². The molecule has 0 bridgehead atoms. The van der Waals surface area contributed by atoms with Gasteiger partial charge in [-0.25, -0.2) is 0 Å². The van der Waals surface area contributed by atoms with Crippen LogP contribution in [-0.4, -0.2) is 21.4 Å². The third-order valence-electron chi connectivity index (χ3n) is 6.00. The van der Waals surface area contributed by atoms with Crippen molar-refractivity contribution in [3.05, 3.63) is 70.9 Å². The normalized spacial score (nSPS) is 15.8. The van der Waals surface area contributed by atoms with Gasteiger partial charge in [0.1, 0.15) is 0 Å². The molecular weight excluding hydrogens is 356 g/mol. The summed E-state index contributed by atoms with van der Waals surface area (Å²) in [5.41, 5.74) is 11.8. The molecule has 2 aromatic heterocycles. The maximum atomic E-state index is 5.55. The molecular formula is C25H36N4. The van der Waals surface area contributed by atoms with Crippen LogP contribution < -0.4 is 5.73 Å². The molecule has 4 nitrogen and oxygen atoms in total. The second-order valence-electron chi connectivity index (χ2n) is 8.47. The molecule has 0 radical (unpaired) electrons. The number of hydrogen-bond donors (Lipinski definition) is 1. The monoisotopic (exact) mass is 392 g/mol. The largest absolute Gasteiger partial charge is 0.405 e. The predicted octanol–water partition coefficient (Wildman–Crippen LogP) is 5.40. The molecule has 2 heterocycles. The van der Waals surface area contributed by atoms with E-state index in [0.717, 1.165) is 37.4 Å². The molecule has 156 valence electrons. The van der Waals surface area contributed by atoms with E-state index in [4.69, 9.17) is 10.7 Å². The van der Waals surface area contributed by atoms with Gasteiger partial charge in [0.2, 0.25) is 0 Å². The summed E-state index contributed by atoms with van der Waals surface area (Å²) >= 11 is 0. The number of pyridine rings is 2. The van der Waals surface area contributed by atoms with Crippen LogP contribution in [0.15, 0.2) is 42.9 Å². The zero-order valence-electron chi connectivity index (χ0n) is 18.1. The zero-order chi connectivity index (χ0) is 20.5. The Hall–Kier alpha value is -2.20. The molecule has 1 fully saturated rings. The molecule has 1 aliphatic carbocycles. The van der Waals surface area contributed by atoms with Crippen LogP contribution in [-0.2, 0) is 13.1 Å². The van der Waals surface area contributed by atoms with E-state index < -0.39 is 0 Å². The van der Waals surface area contributed by atoms with Gasteiger partial charge < -0.3 is 5.73 Å². The molecule has 0 aromatic carbocycles. The SMILES string of the molecule is Cc1cnc(CN(CC/C=C/N)Cc2cc(C3CCCCCC3)ccn2)c(C)c1. The third kappa shape index (κ3) is 6.67. The van der Waals surface area contributed by atoms with Gasteiger partial charge in [0.05, 0.1) is 11.4 Å². The lowest BCUT2D eigenvalue weighted by Crippen LogP contribution is -2.25. The van der Waals surface area contributed by atoms with Gasteiger partial charge in [-0.05, 0) is 74.1 Å². The highest BCUT2D eigenvalue weighted by atomic mass is 15.1. The lowest BCUT2D eigenvalue weighted by molar-refractivity contribution is 0.255. The van der Waals surface area contributed by atoms with Crippen molar-refractivity contribution < 1.29 is 0 Å². The van der Waals surface area contributed by atoms with E-state index in [1.807, 2.05) is 18.5 Å². The van der Waals surface area contributed by atoms with Gasteiger partial charge >= 0.3 is 0 Å². The first-order chi connectivity index (χ1) is 14.2. The quantitative estimate of drug-likeness (QED) is 0.612. The summed E-state index contributed by atoms with van der Waals surface area (Å²) in [6.07, 6.45) is 16.7. The fraction of sp³-hybridized carbons (Fsp3) is 0.520. The molecule has 0 unspecified atom stereocenters. The lowest BCUT2D eigenvalue weighted by Gasteiger charge is -2.23. The van der Waals surface area contributed by atoms with Crippen LogP contribution in [0, 0.1) is 13.8 Å². The highest BCUT2D eigenvalue weighted by Gasteiger charge is 2.16. The first-order valence-corrected chi connectivity index (χ1v) is 11.1. The van der Waals surface area contributed by atoms with Crippen molar-refractivity contribution in [2.24, 2.45) is 5.73 Å². The second kappa shape index (κ2) is 11.1. The fourth-order valence-corrected chi connectivity index (χ4v) is 4.37. The average Bonchev–Trinajstić information content (AvgIpc) is 3.00. The number of hydrogen-bond acceptors (Lipinski definition) is 4. The zero-order valence-corrected chi connectivity index (χ0v) is 18.1. The smallest absolute Gasteiger partial charge is 0.0573 e. The Bertz CT molecular complexity index is 791. The number of aryl methyl sites for hydroxylation is 2. The van der Waals surface area contributed by atoms with Crippen LogP contribution in [0.4, 0.5) is 0 Å². The van der Waals surface area contributed by atoms with Gasteiger partial charge in [0, 0.05) is 32.0 Å². The van der Waals surface area contributed by atoms with Crippen molar-refractivity contribution in [3.8, 4) is 0 Å². The minimum absolute atomic E-state index is 0.703. The summed E-state index contributed by atoms with van der Waals surface area (Å²) in [6, 6.07) is 6.79. The molecule has 1 saturated carbocycles. The van der Waals surface area contributed by atoms with Crippen LogP contribution in [0.2, 0.25) is 0 Å². The van der Waals surface area contributed by atoms with Gasteiger partial charge in [-0.2, -0.15) is 0 Å². The van der Waals surface area contributed by atoms with Crippen LogP contribution >= 0.6 is 0 Å². The summed E-state index contributed by atoms with van der Waals surface area (Å²) in [6.45, 7) is 6.86. The van der Waals surface area contributed by atoms with E-state index in [9.17, 15) is 0 Å². The average molecular weight is 393 g/mol. The number of aromatic nitrogens is 2. The summed E-state index contributed by atoms with van der Waals surface area (Å²) in [4.78, 5) is 11.8. The number of nitrogens with zero attached hydrogens (tertiary/aromatic N) is 3. The molecule has 0 amide bonds. The minimum Gasteiger partial charge on any atom is -0.405 e. The summed E-state index contributed by atoms with van der Waals surface area (Å²) in [7, 11) is 0.